The Balaban J connectivity index is 1.32. The lowest BCUT2D eigenvalue weighted by atomic mass is 9.64. The first-order chi connectivity index (χ1) is 28.2. The maximum Gasteiger partial charge on any atom is 0.238 e. The number of fused-ring (bicyclic) bond motifs is 10. The quantitative estimate of drug-likeness (QED) is 0.263. The summed E-state index contributed by atoms with van der Waals surface area (Å²) in [6.07, 6.45) is 0. The van der Waals surface area contributed by atoms with Crippen LogP contribution in [-0.4, -0.2) is 79.0 Å². The Morgan fingerprint density at radius 3 is 1.55 bits per heavy atom. The Kier molecular flexibility index (Phi) is 7.59. The van der Waals surface area contributed by atoms with Gasteiger partial charge in [0.25, 0.3) is 0 Å². The molecular formula is C45H20B7N5O. The van der Waals surface area contributed by atoms with Gasteiger partial charge < -0.3 is 8.98 Å². The average molecular weight is 722 g/mol. The summed E-state index contributed by atoms with van der Waals surface area (Å²) in [5.74, 6) is 0.893. The van der Waals surface area contributed by atoms with Gasteiger partial charge in [-0.25, -0.2) is 4.98 Å². The average Bonchev–Trinajstić information content (AvgIpc) is 3.93. The van der Waals surface area contributed by atoms with Crippen molar-refractivity contribution in [2.45, 2.75) is 0 Å². The molecule has 0 amide bonds. The van der Waals surface area contributed by atoms with E-state index in [2.05, 4.69) is 69.8 Å². The number of hydrogen-bond donors (Lipinski definition) is 0. The van der Waals surface area contributed by atoms with Gasteiger partial charge in [0.05, 0.1) is 27.6 Å². The minimum atomic E-state index is 0.0875. The van der Waals surface area contributed by atoms with E-state index >= 15 is 0 Å². The Morgan fingerprint density at radius 1 is 0.397 bits per heavy atom. The van der Waals surface area contributed by atoms with E-state index in [9.17, 15) is 0 Å². The fourth-order valence-corrected chi connectivity index (χ4v) is 8.46. The number of nitrogens with zero attached hydrogens (tertiary/aromatic N) is 5. The molecule has 11 aromatic rings. The molecule has 14 radical (unpaired) electrons. The predicted molar refractivity (Wildman–Crippen MR) is 244 cm³/mol. The summed E-state index contributed by atoms with van der Waals surface area (Å²) in [6.45, 7) is 0. The largest absolute Gasteiger partial charge is 0.456 e. The van der Waals surface area contributed by atoms with E-state index in [1.807, 2.05) is 60.7 Å². The summed E-state index contributed by atoms with van der Waals surface area (Å²) < 4.78 is 10.9. The van der Waals surface area contributed by atoms with Crippen molar-refractivity contribution in [2.24, 2.45) is 0 Å². The highest BCUT2D eigenvalue weighted by Gasteiger charge is 2.27. The van der Waals surface area contributed by atoms with Gasteiger partial charge in [0.15, 0.2) is 11.6 Å². The number of rotatable bonds is 4. The molecule has 252 valence electrons. The van der Waals surface area contributed by atoms with Crippen molar-refractivity contribution in [3.8, 4) is 34.4 Å². The van der Waals surface area contributed by atoms with Crippen LogP contribution in [-0.2, 0) is 0 Å². The molecule has 6 nitrogen and oxygen atoms in total. The van der Waals surface area contributed by atoms with Gasteiger partial charge in [-0.3, -0.25) is 4.57 Å². The van der Waals surface area contributed by atoms with Crippen molar-refractivity contribution in [3.05, 3.63) is 121 Å². The van der Waals surface area contributed by atoms with Crippen LogP contribution in [0.15, 0.2) is 126 Å². The third kappa shape index (κ3) is 4.73. The van der Waals surface area contributed by atoms with Crippen LogP contribution in [0.4, 0.5) is 0 Å². The summed E-state index contributed by atoms with van der Waals surface area (Å²) in [5, 5.41) is 4.94. The molecule has 0 saturated heterocycles. The number of hydrogen-bond acceptors (Lipinski definition) is 4. The summed E-state index contributed by atoms with van der Waals surface area (Å²) in [7, 11) is 45.9. The van der Waals surface area contributed by atoms with Crippen LogP contribution >= 0.6 is 0 Å². The van der Waals surface area contributed by atoms with E-state index in [1.54, 1.807) is 0 Å². The van der Waals surface area contributed by atoms with Crippen LogP contribution < -0.4 is 38.2 Å². The normalized spacial score (nSPS) is 11.9. The third-order valence-electron chi connectivity index (χ3n) is 11.2. The highest BCUT2D eigenvalue weighted by molar-refractivity contribution is 6.69. The molecule has 4 aromatic heterocycles. The SMILES string of the molecule is [B]c1c([B])c([B])c2c(oc3c(-c4nc(-c5ccccc5)nc(-n5c6ccccc6c6ccc7c8ccccc8n(-c8ccccc8)c7c65)n4)c([B])c([B])c([B])c32)c1[B]. The van der Waals surface area contributed by atoms with Crippen molar-refractivity contribution in [1.82, 2.24) is 24.1 Å². The Labute approximate surface area is 341 Å². The molecule has 4 heterocycles. The molecule has 0 aliphatic rings. The third-order valence-corrected chi connectivity index (χ3v) is 11.2. The molecule has 0 fully saturated rings. The number of aromatic nitrogens is 5. The number of benzene rings is 7. The highest BCUT2D eigenvalue weighted by Crippen LogP contribution is 2.41. The molecular weight excluding hydrogens is 702 g/mol. The highest BCUT2D eigenvalue weighted by atomic mass is 16.3. The standard InChI is InChI=1S/C45H20B7N5O/c46-32-29-30-33(47)36(50)37(51)38(52)42(30)58-41(29)31(34(48)35(32)49)44-53-43(21-11-3-1-4-12-21)54-45(55-44)57-28-18-10-8-16-24(28)26-20-19-25-23-15-7-9-17-27(23)56(39(25)40(26)57)22-13-5-2-6-14-22/h1-20H. The van der Waals surface area contributed by atoms with Crippen LogP contribution in [0.2, 0.25) is 0 Å². The van der Waals surface area contributed by atoms with Gasteiger partial charge in [-0.15, -0.1) is 16.4 Å². The first kappa shape index (κ1) is 34.6. The minimum absolute atomic E-state index is 0.0875. The van der Waals surface area contributed by atoms with Gasteiger partial charge in [0, 0.05) is 43.6 Å². The molecule has 0 bridgehead atoms. The second-order valence-corrected chi connectivity index (χ2v) is 14.3. The van der Waals surface area contributed by atoms with Crippen LogP contribution in [0.25, 0.3) is 100.0 Å². The second-order valence-electron chi connectivity index (χ2n) is 14.3. The molecule has 0 N–H and O–H groups in total. The van der Waals surface area contributed by atoms with Gasteiger partial charge in [-0.05, 0) is 24.3 Å². The van der Waals surface area contributed by atoms with Gasteiger partial charge >= 0.3 is 0 Å². The zero-order valence-electron chi connectivity index (χ0n) is 30.7. The summed E-state index contributed by atoms with van der Waals surface area (Å²) in [6, 6.07) is 41.0. The summed E-state index contributed by atoms with van der Waals surface area (Å²) in [4.78, 5) is 15.5. The molecule has 0 spiro atoms. The predicted octanol–water partition coefficient (Wildman–Crippen LogP) is 2.86. The van der Waals surface area contributed by atoms with Crippen molar-refractivity contribution >= 4 is 159 Å². The molecule has 0 aliphatic heterocycles. The molecule has 0 unspecified atom stereocenters. The minimum Gasteiger partial charge on any atom is -0.456 e. The van der Waals surface area contributed by atoms with Crippen molar-refractivity contribution in [2.75, 3.05) is 0 Å². The van der Waals surface area contributed by atoms with E-state index in [1.165, 1.54) is 0 Å². The lowest BCUT2D eigenvalue weighted by molar-refractivity contribution is 0.673. The fourth-order valence-electron chi connectivity index (χ4n) is 8.46. The smallest absolute Gasteiger partial charge is 0.238 e. The zero-order valence-corrected chi connectivity index (χ0v) is 30.7. The first-order valence-corrected chi connectivity index (χ1v) is 18.5. The van der Waals surface area contributed by atoms with E-state index in [-0.39, 0.29) is 60.8 Å². The van der Waals surface area contributed by atoms with Crippen molar-refractivity contribution in [1.29, 1.82) is 0 Å². The van der Waals surface area contributed by atoms with Crippen LogP contribution in [0.5, 0.6) is 0 Å². The summed E-state index contributed by atoms with van der Waals surface area (Å²) in [5.41, 5.74) is 7.04. The van der Waals surface area contributed by atoms with Crippen LogP contribution in [0.3, 0.4) is 0 Å². The second kappa shape index (κ2) is 12.7. The molecule has 11 rings (SSSR count). The van der Waals surface area contributed by atoms with Gasteiger partial charge in [0.1, 0.15) is 66.1 Å². The van der Waals surface area contributed by atoms with E-state index in [0.717, 1.165) is 54.9 Å². The fraction of sp³-hybridized carbons (Fsp3) is 0. The lowest BCUT2D eigenvalue weighted by Crippen LogP contribution is -2.48. The number of para-hydroxylation sites is 3. The Hall–Kier alpha value is -6.60. The Bertz CT molecular complexity index is 3540. The molecule has 7 aromatic carbocycles. The zero-order chi connectivity index (χ0) is 39.6. The van der Waals surface area contributed by atoms with Gasteiger partial charge in [0.2, 0.25) is 5.95 Å². The van der Waals surface area contributed by atoms with Gasteiger partial charge in [-0.1, -0.05) is 119 Å². The van der Waals surface area contributed by atoms with E-state index in [0.29, 0.717) is 22.5 Å². The molecule has 13 heteroatoms. The number of furan rings is 1. The molecule has 0 aliphatic carbocycles. The van der Waals surface area contributed by atoms with Crippen molar-refractivity contribution < 1.29 is 4.42 Å². The lowest BCUT2D eigenvalue weighted by Gasteiger charge is -2.17. The van der Waals surface area contributed by atoms with Gasteiger partial charge in [-0.2, -0.15) is 9.97 Å². The molecule has 0 atom stereocenters. The molecule has 58 heavy (non-hydrogen) atoms. The first-order valence-electron chi connectivity index (χ1n) is 18.5. The van der Waals surface area contributed by atoms with Crippen LogP contribution in [0.1, 0.15) is 0 Å². The monoisotopic (exact) mass is 723 g/mol. The summed E-state index contributed by atoms with van der Waals surface area (Å²) >= 11 is 0. The molecule has 0 saturated carbocycles. The maximum atomic E-state index is 6.89. The maximum absolute atomic E-state index is 6.89. The topological polar surface area (TPSA) is 61.7 Å². The van der Waals surface area contributed by atoms with E-state index in [4.69, 9.17) is 74.3 Å². The van der Waals surface area contributed by atoms with Crippen LogP contribution in [0, 0.1) is 0 Å². The van der Waals surface area contributed by atoms with Crippen molar-refractivity contribution in [3.63, 3.8) is 0 Å². The Morgan fingerprint density at radius 2 is 0.897 bits per heavy atom. The van der Waals surface area contributed by atoms with E-state index < -0.39 is 0 Å².